The normalized spacial score (nSPS) is 11.9. The van der Waals surface area contributed by atoms with Crippen LogP contribution in [-0.4, -0.2) is 14.0 Å². The third-order valence-electron chi connectivity index (χ3n) is 9.45. The lowest BCUT2D eigenvalue weighted by molar-refractivity contribution is 1.18. The van der Waals surface area contributed by atoms with Crippen LogP contribution in [0.1, 0.15) is 0 Å². The van der Waals surface area contributed by atoms with Crippen molar-refractivity contribution in [3.05, 3.63) is 164 Å². The molecule has 3 aromatic heterocycles. The van der Waals surface area contributed by atoms with Crippen molar-refractivity contribution in [2.24, 2.45) is 0 Å². The first-order chi connectivity index (χ1) is 22.8. The monoisotopic (exact) mass is 585 g/mol. The minimum absolute atomic E-state index is 0.983. The van der Waals surface area contributed by atoms with Gasteiger partial charge in [-0.25, -0.2) is 4.98 Å². The molecule has 0 atom stereocenters. The van der Waals surface area contributed by atoms with E-state index in [9.17, 15) is 0 Å². The number of nitrogens with zero attached hydrogens (tertiary/aromatic N) is 3. The fraction of sp³-hybridized carbons (Fsp3) is 0. The molecule has 0 unspecified atom stereocenters. The molecular weight excluding hydrogens is 558 g/mol. The molecule has 0 amide bonds. The van der Waals surface area contributed by atoms with E-state index < -0.39 is 0 Å². The van der Waals surface area contributed by atoms with Gasteiger partial charge in [0.1, 0.15) is 11.2 Å². The van der Waals surface area contributed by atoms with E-state index in [2.05, 4.69) is 173 Å². The SMILES string of the molecule is c1ccc(-c2cc(-c3ccccc3)cc(-n3c4ccccc4c4ccc5c(nc6c7ccccc7c7ccccc7n56)c43)c2)cc1. The van der Waals surface area contributed by atoms with Gasteiger partial charge in [-0.3, -0.25) is 4.40 Å². The second-order valence-corrected chi connectivity index (χ2v) is 12.0. The van der Waals surface area contributed by atoms with Gasteiger partial charge in [-0.1, -0.05) is 121 Å². The molecule has 0 spiro atoms. The summed E-state index contributed by atoms with van der Waals surface area (Å²) in [6.07, 6.45) is 0. The molecule has 10 rings (SSSR count). The Bertz CT molecular complexity index is 2730. The minimum Gasteiger partial charge on any atom is -0.307 e. The van der Waals surface area contributed by atoms with Crippen LogP contribution in [0.2, 0.25) is 0 Å². The molecular formula is C43H27N3. The van der Waals surface area contributed by atoms with Crippen LogP contribution in [0.5, 0.6) is 0 Å². The summed E-state index contributed by atoms with van der Waals surface area (Å²) in [6.45, 7) is 0. The lowest BCUT2D eigenvalue weighted by Gasteiger charge is -2.14. The zero-order valence-corrected chi connectivity index (χ0v) is 24.9. The Balaban J connectivity index is 1.39. The van der Waals surface area contributed by atoms with E-state index in [1.54, 1.807) is 0 Å². The molecule has 0 saturated heterocycles. The van der Waals surface area contributed by atoms with Crippen molar-refractivity contribution in [1.82, 2.24) is 14.0 Å². The number of pyridine rings is 1. The van der Waals surface area contributed by atoms with Gasteiger partial charge in [-0.05, 0) is 70.1 Å². The lowest BCUT2D eigenvalue weighted by atomic mass is 9.98. The van der Waals surface area contributed by atoms with E-state index in [-0.39, 0.29) is 0 Å². The van der Waals surface area contributed by atoms with Crippen molar-refractivity contribution in [1.29, 1.82) is 0 Å². The first-order valence-corrected chi connectivity index (χ1v) is 15.7. The maximum absolute atomic E-state index is 5.51. The van der Waals surface area contributed by atoms with Crippen LogP contribution in [0.4, 0.5) is 0 Å². The van der Waals surface area contributed by atoms with Crippen molar-refractivity contribution in [2.75, 3.05) is 0 Å². The minimum atomic E-state index is 0.983. The van der Waals surface area contributed by atoms with Gasteiger partial charge >= 0.3 is 0 Å². The van der Waals surface area contributed by atoms with E-state index in [0.29, 0.717) is 0 Å². The summed E-state index contributed by atoms with van der Waals surface area (Å²) in [4.78, 5) is 5.51. The van der Waals surface area contributed by atoms with Crippen molar-refractivity contribution in [3.63, 3.8) is 0 Å². The number of fused-ring (bicyclic) bond motifs is 12. The van der Waals surface area contributed by atoms with Gasteiger partial charge in [0.05, 0.1) is 22.1 Å². The molecule has 0 N–H and O–H groups in total. The molecule has 0 bridgehead atoms. The molecule has 0 aliphatic rings. The highest BCUT2D eigenvalue weighted by atomic mass is 15.1. The number of aromatic nitrogens is 3. The highest BCUT2D eigenvalue weighted by molar-refractivity contribution is 6.20. The number of hydrogen-bond donors (Lipinski definition) is 0. The molecule has 46 heavy (non-hydrogen) atoms. The molecule has 3 heteroatoms. The highest BCUT2D eigenvalue weighted by Crippen LogP contribution is 2.40. The Kier molecular flexibility index (Phi) is 5.28. The standard InChI is InChI=1S/C43H27N3/c1-3-13-28(14-4-1)30-25-31(29-15-5-2-6-16-29)27-32(26-30)45-38-21-11-10-19-35(38)36-23-24-40-41(42(36)45)44-43-37-20-8-7-17-33(37)34-18-9-12-22-39(34)46(40)43/h1-27H. The number of benzene rings is 7. The molecule has 0 saturated carbocycles. The summed E-state index contributed by atoms with van der Waals surface area (Å²) in [5.41, 5.74) is 12.4. The van der Waals surface area contributed by atoms with Gasteiger partial charge in [-0.15, -0.1) is 0 Å². The third kappa shape index (κ3) is 3.57. The topological polar surface area (TPSA) is 22.2 Å². The number of rotatable bonds is 3. The molecule has 0 aliphatic heterocycles. The van der Waals surface area contributed by atoms with Crippen LogP contribution in [0.15, 0.2) is 164 Å². The predicted molar refractivity (Wildman–Crippen MR) is 193 cm³/mol. The Hall–Kier alpha value is -6.19. The summed E-state index contributed by atoms with van der Waals surface area (Å²) in [5.74, 6) is 0. The van der Waals surface area contributed by atoms with Crippen LogP contribution in [0, 0.1) is 0 Å². The Morgan fingerprint density at radius 1 is 0.370 bits per heavy atom. The largest absolute Gasteiger partial charge is 0.307 e. The average Bonchev–Trinajstić information content (AvgIpc) is 3.69. The maximum Gasteiger partial charge on any atom is 0.146 e. The third-order valence-corrected chi connectivity index (χ3v) is 9.45. The number of hydrogen-bond acceptors (Lipinski definition) is 1. The maximum atomic E-state index is 5.51. The molecule has 7 aromatic carbocycles. The second kappa shape index (κ2) is 9.65. The molecule has 10 aromatic rings. The van der Waals surface area contributed by atoms with E-state index >= 15 is 0 Å². The fourth-order valence-electron chi connectivity index (χ4n) is 7.43. The van der Waals surface area contributed by atoms with Gasteiger partial charge in [0.15, 0.2) is 0 Å². The average molecular weight is 586 g/mol. The van der Waals surface area contributed by atoms with Crippen molar-refractivity contribution >= 4 is 60.2 Å². The van der Waals surface area contributed by atoms with Crippen molar-refractivity contribution in [2.45, 2.75) is 0 Å². The first kappa shape index (κ1) is 25.2. The Labute approximate surface area is 265 Å². The first-order valence-electron chi connectivity index (χ1n) is 15.7. The highest BCUT2D eigenvalue weighted by Gasteiger charge is 2.21. The zero-order chi connectivity index (χ0) is 30.2. The van der Waals surface area contributed by atoms with Gasteiger partial charge < -0.3 is 4.57 Å². The zero-order valence-electron chi connectivity index (χ0n) is 24.9. The molecule has 0 aliphatic carbocycles. The number of imidazole rings is 1. The molecule has 0 radical (unpaired) electrons. The summed E-state index contributed by atoms with van der Waals surface area (Å²) in [5, 5.41) is 6.03. The number of para-hydroxylation sites is 2. The van der Waals surface area contributed by atoms with E-state index in [4.69, 9.17) is 4.98 Å². The van der Waals surface area contributed by atoms with Crippen LogP contribution >= 0.6 is 0 Å². The van der Waals surface area contributed by atoms with Crippen molar-refractivity contribution in [3.8, 4) is 27.9 Å². The van der Waals surface area contributed by atoms with Crippen LogP contribution in [0.3, 0.4) is 0 Å². The summed E-state index contributed by atoms with van der Waals surface area (Å²) >= 11 is 0. The smallest absolute Gasteiger partial charge is 0.146 e. The van der Waals surface area contributed by atoms with Crippen LogP contribution in [-0.2, 0) is 0 Å². The quantitative estimate of drug-likeness (QED) is 0.189. The summed E-state index contributed by atoms with van der Waals surface area (Å²) in [6, 6.07) is 58.9. The van der Waals surface area contributed by atoms with Gasteiger partial charge in [-0.2, -0.15) is 0 Å². The van der Waals surface area contributed by atoms with Gasteiger partial charge in [0.25, 0.3) is 0 Å². The predicted octanol–water partition coefficient (Wildman–Crippen LogP) is 11.2. The second-order valence-electron chi connectivity index (χ2n) is 12.0. The molecule has 3 heterocycles. The molecule has 3 nitrogen and oxygen atoms in total. The van der Waals surface area contributed by atoms with Crippen molar-refractivity contribution < 1.29 is 0 Å². The molecule has 0 fully saturated rings. The van der Waals surface area contributed by atoms with E-state index in [0.717, 1.165) is 38.8 Å². The fourth-order valence-corrected chi connectivity index (χ4v) is 7.43. The van der Waals surface area contributed by atoms with Gasteiger partial charge in [0, 0.05) is 27.2 Å². The van der Waals surface area contributed by atoms with E-state index in [1.807, 2.05) is 0 Å². The molecule has 214 valence electrons. The Morgan fingerprint density at radius 2 is 0.913 bits per heavy atom. The van der Waals surface area contributed by atoms with E-state index in [1.165, 1.54) is 49.3 Å². The van der Waals surface area contributed by atoms with Crippen LogP contribution < -0.4 is 0 Å². The summed E-state index contributed by atoms with van der Waals surface area (Å²) in [7, 11) is 0. The lowest BCUT2D eigenvalue weighted by Crippen LogP contribution is -1.96. The van der Waals surface area contributed by atoms with Gasteiger partial charge in [0.2, 0.25) is 0 Å². The summed E-state index contributed by atoms with van der Waals surface area (Å²) < 4.78 is 4.78. The van der Waals surface area contributed by atoms with Crippen LogP contribution in [0.25, 0.3) is 88.1 Å². The Morgan fingerprint density at radius 3 is 1.59 bits per heavy atom.